The lowest BCUT2D eigenvalue weighted by atomic mass is 10.1. The second-order valence-corrected chi connectivity index (χ2v) is 7.45. The summed E-state index contributed by atoms with van der Waals surface area (Å²) < 4.78 is 21.7. The summed E-state index contributed by atoms with van der Waals surface area (Å²) in [7, 11) is 4.67. The molecule has 3 rings (SSSR count). The maximum absolute atomic E-state index is 13.0. The lowest BCUT2D eigenvalue weighted by Crippen LogP contribution is -2.28. The van der Waals surface area contributed by atoms with Crippen LogP contribution in [0, 0.1) is 0 Å². The Bertz CT molecular complexity index is 977. The van der Waals surface area contributed by atoms with Crippen molar-refractivity contribution < 1.29 is 23.7 Å². The monoisotopic (exact) mass is 442 g/mol. The summed E-state index contributed by atoms with van der Waals surface area (Å²) in [6.07, 6.45) is 1.81. The molecule has 164 valence electrons. The normalized spacial score (nSPS) is 16.2. The van der Waals surface area contributed by atoms with Gasteiger partial charge in [-0.15, -0.1) is 0 Å². The van der Waals surface area contributed by atoms with Crippen LogP contribution >= 0.6 is 11.8 Å². The molecule has 1 saturated heterocycles. The van der Waals surface area contributed by atoms with Crippen molar-refractivity contribution in [3.8, 4) is 23.0 Å². The van der Waals surface area contributed by atoms with Crippen LogP contribution in [0.3, 0.4) is 0 Å². The number of likely N-dealkylation sites (N-methyl/N-ethyl adjacent to an activating group) is 1. The van der Waals surface area contributed by atoms with Gasteiger partial charge in [0, 0.05) is 6.54 Å². The number of rotatable bonds is 8. The van der Waals surface area contributed by atoms with Crippen molar-refractivity contribution in [1.82, 2.24) is 4.90 Å². The number of aliphatic imine (C=N–C) groups is 1. The van der Waals surface area contributed by atoms with E-state index in [1.165, 1.54) is 11.8 Å². The highest BCUT2D eigenvalue weighted by Crippen LogP contribution is 2.40. The molecule has 0 spiro atoms. The highest BCUT2D eigenvalue weighted by Gasteiger charge is 2.32. The predicted octanol–water partition coefficient (Wildman–Crippen LogP) is 4.74. The van der Waals surface area contributed by atoms with Gasteiger partial charge in [0.1, 0.15) is 5.75 Å². The second-order valence-electron chi connectivity index (χ2n) is 6.44. The van der Waals surface area contributed by atoms with Crippen LogP contribution in [0.1, 0.15) is 19.4 Å². The zero-order valence-electron chi connectivity index (χ0n) is 18.3. The van der Waals surface area contributed by atoms with Gasteiger partial charge in [0.15, 0.2) is 16.7 Å². The number of nitrogens with zero attached hydrogens (tertiary/aromatic N) is 2. The molecule has 1 amide bonds. The third-order valence-electron chi connectivity index (χ3n) is 4.56. The van der Waals surface area contributed by atoms with Crippen LogP contribution in [0.15, 0.2) is 46.3 Å². The molecule has 0 aliphatic carbocycles. The molecule has 7 nitrogen and oxygen atoms in total. The maximum atomic E-state index is 13.0. The number of carbonyl (C=O) groups excluding carboxylic acids is 1. The van der Waals surface area contributed by atoms with Crippen molar-refractivity contribution in [3.63, 3.8) is 0 Å². The van der Waals surface area contributed by atoms with Gasteiger partial charge in [-0.25, -0.2) is 4.99 Å². The molecule has 1 aliphatic heterocycles. The minimum Gasteiger partial charge on any atom is -0.494 e. The number of methoxy groups -OCH3 is 3. The number of ether oxygens (including phenoxy) is 4. The molecule has 0 N–H and O–H groups in total. The smallest absolute Gasteiger partial charge is 0.266 e. The maximum Gasteiger partial charge on any atom is 0.266 e. The van der Waals surface area contributed by atoms with Crippen molar-refractivity contribution in [3.05, 3.63) is 46.9 Å². The van der Waals surface area contributed by atoms with Gasteiger partial charge in [-0.3, -0.25) is 9.69 Å². The number of benzene rings is 2. The molecular formula is C23H26N2O5S. The molecule has 0 saturated carbocycles. The standard InChI is InChI=1S/C23H26N2O5S/c1-6-25-22(26)20(14-15-12-18(27-3)21(29-5)19(13-15)28-4)31-23(25)24-16-8-10-17(11-9-16)30-7-2/h8-14H,6-7H2,1-5H3. The Morgan fingerprint density at radius 2 is 1.65 bits per heavy atom. The summed E-state index contributed by atoms with van der Waals surface area (Å²) >= 11 is 1.34. The van der Waals surface area contributed by atoms with Gasteiger partial charge < -0.3 is 18.9 Å². The first-order chi connectivity index (χ1) is 15.0. The number of amides is 1. The Morgan fingerprint density at radius 1 is 1.00 bits per heavy atom. The van der Waals surface area contributed by atoms with Crippen molar-refractivity contribution in [2.75, 3.05) is 34.5 Å². The zero-order chi connectivity index (χ0) is 22.4. The van der Waals surface area contributed by atoms with Crippen molar-refractivity contribution in [1.29, 1.82) is 0 Å². The molecule has 0 atom stereocenters. The summed E-state index contributed by atoms with van der Waals surface area (Å²) in [5, 5.41) is 0.635. The van der Waals surface area contributed by atoms with Crippen molar-refractivity contribution in [2.45, 2.75) is 13.8 Å². The molecule has 8 heteroatoms. The van der Waals surface area contributed by atoms with Crippen LogP contribution in [0.2, 0.25) is 0 Å². The number of hydrogen-bond acceptors (Lipinski definition) is 7. The van der Waals surface area contributed by atoms with Gasteiger partial charge >= 0.3 is 0 Å². The van der Waals surface area contributed by atoms with E-state index in [-0.39, 0.29) is 5.91 Å². The molecule has 0 unspecified atom stereocenters. The fraction of sp³-hybridized carbons (Fsp3) is 0.304. The van der Waals surface area contributed by atoms with Gasteiger partial charge in [-0.05, 0) is 73.6 Å². The van der Waals surface area contributed by atoms with Crippen LogP contribution < -0.4 is 18.9 Å². The van der Waals surface area contributed by atoms with Crippen molar-refractivity contribution >= 4 is 34.6 Å². The third-order valence-corrected chi connectivity index (χ3v) is 5.57. The Morgan fingerprint density at radius 3 is 2.16 bits per heavy atom. The summed E-state index contributed by atoms with van der Waals surface area (Å²) in [5.41, 5.74) is 1.52. The average Bonchev–Trinajstić information content (AvgIpc) is 3.08. The minimum absolute atomic E-state index is 0.0917. The van der Waals surface area contributed by atoms with E-state index in [2.05, 4.69) is 4.99 Å². The zero-order valence-corrected chi connectivity index (χ0v) is 19.1. The quantitative estimate of drug-likeness (QED) is 0.550. The van der Waals surface area contributed by atoms with Gasteiger partial charge in [0.2, 0.25) is 5.75 Å². The summed E-state index contributed by atoms with van der Waals surface area (Å²) in [6, 6.07) is 11.1. The largest absolute Gasteiger partial charge is 0.494 e. The summed E-state index contributed by atoms with van der Waals surface area (Å²) in [4.78, 5) is 19.9. The molecule has 1 aliphatic rings. The van der Waals surface area contributed by atoms with E-state index < -0.39 is 0 Å². The van der Waals surface area contributed by atoms with E-state index in [4.69, 9.17) is 18.9 Å². The lowest BCUT2D eigenvalue weighted by Gasteiger charge is -2.13. The van der Waals surface area contributed by atoms with E-state index in [9.17, 15) is 4.79 Å². The molecule has 1 fully saturated rings. The predicted molar refractivity (Wildman–Crippen MR) is 124 cm³/mol. The first-order valence-corrected chi connectivity index (χ1v) is 10.7. The third kappa shape index (κ3) is 4.96. The van der Waals surface area contributed by atoms with E-state index in [1.54, 1.807) is 44.4 Å². The molecule has 0 aromatic heterocycles. The molecule has 31 heavy (non-hydrogen) atoms. The first-order valence-electron chi connectivity index (χ1n) is 9.87. The summed E-state index contributed by atoms with van der Waals surface area (Å²) in [6.45, 7) is 5.00. The minimum atomic E-state index is -0.0917. The summed E-state index contributed by atoms with van der Waals surface area (Å²) in [5.74, 6) is 2.26. The van der Waals surface area contributed by atoms with E-state index in [0.717, 1.165) is 17.0 Å². The Labute approximate surface area is 186 Å². The molecule has 1 heterocycles. The molecule has 2 aromatic carbocycles. The van der Waals surface area contributed by atoms with Gasteiger partial charge in [-0.1, -0.05) is 0 Å². The van der Waals surface area contributed by atoms with Gasteiger partial charge in [0.25, 0.3) is 5.91 Å². The first kappa shape index (κ1) is 22.6. The van der Waals surface area contributed by atoms with Crippen LogP contribution in [-0.4, -0.2) is 50.5 Å². The number of thioether (sulfide) groups is 1. The van der Waals surface area contributed by atoms with Crippen LogP contribution in [0.25, 0.3) is 6.08 Å². The van der Waals surface area contributed by atoms with E-state index in [1.807, 2.05) is 38.1 Å². The Kier molecular flexibility index (Phi) is 7.46. The highest BCUT2D eigenvalue weighted by molar-refractivity contribution is 8.18. The van der Waals surface area contributed by atoms with Gasteiger partial charge in [-0.2, -0.15) is 0 Å². The topological polar surface area (TPSA) is 69.6 Å². The lowest BCUT2D eigenvalue weighted by molar-refractivity contribution is -0.122. The second kappa shape index (κ2) is 10.3. The molecule has 2 aromatic rings. The van der Waals surface area contributed by atoms with Crippen LogP contribution in [-0.2, 0) is 4.79 Å². The Balaban J connectivity index is 1.93. The Hall–Kier alpha value is -3.13. The number of carbonyl (C=O) groups is 1. The number of amidine groups is 1. The van der Waals surface area contributed by atoms with Gasteiger partial charge in [0.05, 0.1) is 38.5 Å². The molecule has 0 radical (unpaired) electrons. The van der Waals surface area contributed by atoms with Crippen LogP contribution in [0.4, 0.5) is 5.69 Å². The van der Waals surface area contributed by atoms with E-state index >= 15 is 0 Å². The SMILES string of the molecule is CCOc1ccc(N=C2SC(=Cc3cc(OC)c(OC)c(OC)c3)C(=O)N2CC)cc1. The fourth-order valence-corrected chi connectivity index (χ4v) is 4.16. The highest BCUT2D eigenvalue weighted by atomic mass is 32.2. The average molecular weight is 443 g/mol. The van der Waals surface area contributed by atoms with E-state index in [0.29, 0.717) is 40.5 Å². The fourth-order valence-electron chi connectivity index (χ4n) is 3.10. The van der Waals surface area contributed by atoms with Crippen molar-refractivity contribution in [2.24, 2.45) is 4.99 Å². The van der Waals surface area contributed by atoms with Crippen LogP contribution in [0.5, 0.6) is 23.0 Å². The molecular weight excluding hydrogens is 416 g/mol. The number of hydrogen-bond donors (Lipinski definition) is 0. The molecule has 0 bridgehead atoms.